The van der Waals surface area contributed by atoms with Crippen LogP contribution in [0.5, 0.6) is 0 Å². The van der Waals surface area contributed by atoms with Gasteiger partial charge in [-0.15, -0.1) is 11.3 Å². The second-order valence-electron chi connectivity index (χ2n) is 5.41. The van der Waals surface area contributed by atoms with Gasteiger partial charge < -0.3 is 20.0 Å². The number of nitrogens with one attached hydrogen (secondary N) is 1. The molecule has 0 fully saturated rings. The van der Waals surface area contributed by atoms with Gasteiger partial charge in [-0.05, 0) is 51.0 Å². The summed E-state index contributed by atoms with van der Waals surface area (Å²) in [7, 11) is 0. The molecular weight excluding hydrogens is 318 g/mol. The zero-order chi connectivity index (χ0) is 16.8. The SMILES string of the molecule is CCOC(=O)c1c(NC(=O)CCCC(=O)[O-])sc2c1CCCC2. The summed E-state index contributed by atoms with van der Waals surface area (Å²) in [5.41, 5.74) is 1.46. The standard InChI is InChI=1S/C16H21NO5S/c1-2-22-16(21)14-10-6-3-4-7-11(10)23-15(14)17-12(18)8-5-9-13(19)20/h2-9H2,1H3,(H,17,18)(H,19,20)/p-1. The van der Waals surface area contributed by atoms with E-state index in [2.05, 4.69) is 5.32 Å². The molecule has 1 N–H and O–H groups in total. The molecule has 0 unspecified atom stereocenters. The summed E-state index contributed by atoms with van der Waals surface area (Å²) >= 11 is 1.42. The number of fused-ring (bicyclic) bond motifs is 1. The van der Waals surface area contributed by atoms with Crippen molar-refractivity contribution in [3.8, 4) is 0 Å². The normalized spacial score (nSPS) is 13.3. The fourth-order valence-corrected chi connectivity index (χ4v) is 3.95. The van der Waals surface area contributed by atoms with Crippen LogP contribution in [0.25, 0.3) is 0 Å². The number of carboxylic acids is 1. The smallest absolute Gasteiger partial charge is 0.341 e. The number of rotatable bonds is 7. The lowest BCUT2D eigenvalue weighted by Crippen LogP contribution is -2.22. The summed E-state index contributed by atoms with van der Waals surface area (Å²) in [6.07, 6.45) is 3.98. The first kappa shape index (κ1) is 17.5. The number of thiophene rings is 1. The van der Waals surface area contributed by atoms with Crippen molar-refractivity contribution in [2.45, 2.75) is 51.9 Å². The van der Waals surface area contributed by atoms with Gasteiger partial charge in [0.05, 0.1) is 12.2 Å². The summed E-state index contributed by atoms with van der Waals surface area (Å²) < 4.78 is 5.12. The number of hydrogen-bond acceptors (Lipinski definition) is 6. The first-order valence-electron chi connectivity index (χ1n) is 7.84. The Balaban J connectivity index is 2.13. The van der Waals surface area contributed by atoms with Crippen molar-refractivity contribution in [1.29, 1.82) is 0 Å². The van der Waals surface area contributed by atoms with E-state index in [-0.39, 0.29) is 31.8 Å². The van der Waals surface area contributed by atoms with E-state index in [9.17, 15) is 19.5 Å². The molecule has 0 bridgehead atoms. The van der Waals surface area contributed by atoms with Crippen LogP contribution in [0, 0.1) is 0 Å². The monoisotopic (exact) mass is 338 g/mol. The summed E-state index contributed by atoms with van der Waals surface area (Å²) in [5.74, 6) is -1.87. The van der Waals surface area contributed by atoms with Gasteiger partial charge in [0.2, 0.25) is 5.91 Å². The topological polar surface area (TPSA) is 95.5 Å². The average molecular weight is 338 g/mol. The van der Waals surface area contributed by atoms with Gasteiger partial charge in [-0.1, -0.05) is 0 Å². The minimum absolute atomic E-state index is 0.0822. The average Bonchev–Trinajstić information content (AvgIpc) is 2.84. The van der Waals surface area contributed by atoms with Crippen LogP contribution in [0.15, 0.2) is 0 Å². The fraction of sp³-hybridized carbons (Fsp3) is 0.562. The molecule has 0 aliphatic heterocycles. The highest BCUT2D eigenvalue weighted by Crippen LogP contribution is 2.38. The van der Waals surface area contributed by atoms with Crippen molar-refractivity contribution in [2.75, 3.05) is 11.9 Å². The first-order chi connectivity index (χ1) is 11.0. The van der Waals surface area contributed by atoms with E-state index in [4.69, 9.17) is 4.74 Å². The first-order valence-corrected chi connectivity index (χ1v) is 8.66. The van der Waals surface area contributed by atoms with Crippen LogP contribution in [0.1, 0.15) is 59.8 Å². The number of hydrogen-bond donors (Lipinski definition) is 1. The maximum atomic E-state index is 12.2. The molecule has 0 spiro atoms. The van der Waals surface area contributed by atoms with E-state index >= 15 is 0 Å². The minimum atomic E-state index is -1.17. The Kier molecular flexibility index (Phi) is 6.15. The number of carbonyl (C=O) groups is 3. The van der Waals surface area contributed by atoms with Gasteiger partial charge in [-0.25, -0.2) is 4.79 Å². The molecule has 1 aromatic rings. The lowest BCUT2D eigenvalue weighted by molar-refractivity contribution is -0.305. The molecule has 0 saturated carbocycles. The quantitative estimate of drug-likeness (QED) is 0.763. The van der Waals surface area contributed by atoms with Gasteiger partial charge in [-0.2, -0.15) is 0 Å². The van der Waals surface area contributed by atoms with E-state index in [0.29, 0.717) is 10.6 Å². The lowest BCUT2D eigenvalue weighted by Gasteiger charge is -2.12. The van der Waals surface area contributed by atoms with Gasteiger partial charge in [0.15, 0.2) is 0 Å². The summed E-state index contributed by atoms with van der Waals surface area (Å²) in [5, 5.41) is 13.7. The second-order valence-corrected chi connectivity index (χ2v) is 6.51. The van der Waals surface area contributed by atoms with Crippen molar-refractivity contribution >= 4 is 34.2 Å². The summed E-state index contributed by atoms with van der Waals surface area (Å²) in [6, 6.07) is 0. The van der Waals surface area contributed by atoms with E-state index < -0.39 is 11.9 Å². The Morgan fingerprint density at radius 2 is 1.96 bits per heavy atom. The van der Waals surface area contributed by atoms with Crippen LogP contribution in [0.3, 0.4) is 0 Å². The van der Waals surface area contributed by atoms with Gasteiger partial charge >= 0.3 is 5.97 Å². The van der Waals surface area contributed by atoms with Crippen LogP contribution in [0.4, 0.5) is 5.00 Å². The van der Waals surface area contributed by atoms with Gasteiger partial charge in [0, 0.05) is 17.3 Å². The van der Waals surface area contributed by atoms with Gasteiger partial charge in [0.25, 0.3) is 0 Å². The van der Waals surface area contributed by atoms with E-state index in [1.165, 1.54) is 11.3 Å². The molecule has 0 atom stereocenters. The molecule has 1 aliphatic rings. The molecule has 2 rings (SSSR count). The Morgan fingerprint density at radius 1 is 1.22 bits per heavy atom. The number of aryl methyl sites for hydroxylation is 1. The Labute approximate surface area is 138 Å². The molecule has 1 heterocycles. The third kappa shape index (κ3) is 4.54. The fourth-order valence-electron chi connectivity index (χ4n) is 2.66. The largest absolute Gasteiger partial charge is 0.550 e. The zero-order valence-corrected chi connectivity index (χ0v) is 13.9. The molecule has 0 saturated heterocycles. The van der Waals surface area contributed by atoms with Crippen molar-refractivity contribution in [3.63, 3.8) is 0 Å². The third-order valence-electron chi connectivity index (χ3n) is 3.69. The maximum Gasteiger partial charge on any atom is 0.341 e. The molecule has 7 heteroatoms. The molecule has 1 aliphatic carbocycles. The number of carbonyl (C=O) groups excluding carboxylic acids is 3. The highest BCUT2D eigenvalue weighted by atomic mass is 32.1. The van der Waals surface area contributed by atoms with Crippen LogP contribution in [-0.4, -0.2) is 24.5 Å². The van der Waals surface area contributed by atoms with Crippen LogP contribution < -0.4 is 10.4 Å². The van der Waals surface area contributed by atoms with Crippen molar-refractivity contribution in [1.82, 2.24) is 0 Å². The molecule has 0 aromatic carbocycles. The molecular formula is C16H20NO5S-. The number of esters is 1. The van der Waals surface area contributed by atoms with Crippen molar-refractivity contribution in [3.05, 3.63) is 16.0 Å². The van der Waals surface area contributed by atoms with E-state index in [1.54, 1.807) is 6.92 Å². The van der Waals surface area contributed by atoms with Crippen LogP contribution in [0.2, 0.25) is 0 Å². The summed E-state index contributed by atoms with van der Waals surface area (Å²) in [4.78, 5) is 35.7. The predicted molar refractivity (Wildman–Crippen MR) is 84.4 cm³/mol. The van der Waals surface area contributed by atoms with E-state index in [0.717, 1.165) is 36.1 Å². The molecule has 6 nitrogen and oxygen atoms in total. The van der Waals surface area contributed by atoms with Gasteiger partial charge in [-0.3, -0.25) is 4.79 Å². The second kappa shape index (κ2) is 8.10. The molecule has 1 aromatic heterocycles. The number of anilines is 1. The molecule has 126 valence electrons. The zero-order valence-electron chi connectivity index (χ0n) is 13.1. The molecule has 1 amide bonds. The number of aliphatic carboxylic acids is 1. The highest BCUT2D eigenvalue weighted by molar-refractivity contribution is 7.17. The molecule has 23 heavy (non-hydrogen) atoms. The van der Waals surface area contributed by atoms with Crippen molar-refractivity contribution in [2.24, 2.45) is 0 Å². The Morgan fingerprint density at radius 3 is 2.65 bits per heavy atom. The van der Waals surface area contributed by atoms with E-state index in [1.807, 2.05) is 0 Å². The minimum Gasteiger partial charge on any atom is -0.550 e. The Bertz CT molecular complexity index is 608. The van der Waals surface area contributed by atoms with Crippen LogP contribution in [-0.2, 0) is 27.2 Å². The van der Waals surface area contributed by atoms with Crippen LogP contribution >= 0.6 is 11.3 Å². The highest BCUT2D eigenvalue weighted by Gasteiger charge is 2.27. The number of amides is 1. The number of carboxylic acid groups (broad SMARTS) is 1. The van der Waals surface area contributed by atoms with Gasteiger partial charge in [0.1, 0.15) is 5.00 Å². The maximum absolute atomic E-state index is 12.2. The lowest BCUT2D eigenvalue weighted by atomic mass is 9.95. The van der Waals surface area contributed by atoms with Crippen molar-refractivity contribution < 1.29 is 24.2 Å². The molecule has 0 radical (unpaired) electrons. The third-order valence-corrected chi connectivity index (χ3v) is 4.90. The summed E-state index contributed by atoms with van der Waals surface area (Å²) in [6.45, 7) is 2.03. The number of ether oxygens (including phenoxy) is 1. The predicted octanol–water partition coefficient (Wildman–Crippen LogP) is 1.66. The Hall–Kier alpha value is -1.89.